The molecule has 0 heterocycles. The number of aliphatic hydroxyl groups is 1. The molecule has 0 aliphatic heterocycles. The summed E-state index contributed by atoms with van der Waals surface area (Å²) in [4.78, 5) is 43.4. The molecule has 0 radical (unpaired) electrons. The maximum Gasteiger partial charge on any atom is 0.347 e. The lowest BCUT2D eigenvalue weighted by Crippen LogP contribution is -2.19. The summed E-state index contributed by atoms with van der Waals surface area (Å²) in [6, 6.07) is 3.79. The Bertz CT molecular complexity index is 624. The van der Waals surface area contributed by atoms with Crippen molar-refractivity contribution in [1.82, 2.24) is 0 Å². The van der Waals surface area contributed by atoms with Gasteiger partial charge in [0.25, 0.3) is 5.69 Å². The van der Waals surface area contributed by atoms with Gasteiger partial charge in [-0.25, -0.2) is 4.79 Å². The van der Waals surface area contributed by atoms with Crippen LogP contribution < -0.4 is 0 Å². The van der Waals surface area contributed by atoms with Crippen LogP contribution in [0, 0.1) is 10.1 Å². The summed E-state index contributed by atoms with van der Waals surface area (Å²) in [5.74, 6) is -2.93. The van der Waals surface area contributed by atoms with Gasteiger partial charge in [0, 0.05) is 13.8 Å². The first kappa shape index (κ1) is 17.2. The number of carbonyl (C=O) groups excluding carboxylic acids is 3. The van der Waals surface area contributed by atoms with Crippen molar-refractivity contribution in [1.29, 1.82) is 0 Å². The number of hydrogen-bond acceptors (Lipinski definition) is 8. The number of nitrogens with zero attached hydrogens (tertiary/aromatic N) is 1. The SMILES string of the molecule is CC(=O)OCc1cccc(C(O)C(=O)OC(C)=O)c1[N+](=O)[O-]. The molecule has 0 saturated heterocycles. The normalized spacial score (nSPS) is 11.4. The van der Waals surface area contributed by atoms with Gasteiger partial charge in [0.1, 0.15) is 6.61 Å². The monoisotopic (exact) mass is 311 g/mol. The zero-order chi connectivity index (χ0) is 16.9. The molecule has 9 heteroatoms. The van der Waals surface area contributed by atoms with Crippen LogP contribution in [0.2, 0.25) is 0 Å². The van der Waals surface area contributed by atoms with Crippen molar-refractivity contribution in [3.05, 3.63) is 39.4 Å². The number of carbonyl (C=O) groups is 3. The smallest absolute Gasteiger partial charge is 0.347 e. The van der Waals surface area contributed by atoms with E-state index in [0.717, 1.165) is 19.9 Å². The molecular weight excluding hydrogens is 298 g/mol. The highest BCUT2D eigenvalue weighted by molar-refractivity contribution is 5.88. The van der Waals surface area contributed by atoms with Crippen molar-refractivity contribution in [3.63, 3.8) is 0 Å². The summed E-state index contributed by atoms with van der Waals surface area (Å²) in [6.45, 7) is 1.69. The molecule has 1 rings (SSSR count). The molecule has 9 nitrogen and oxygen atoms in total. The standard InChI is InChI=1S/C13H13NO8/c1-7(15)21-6-9-4-3-5-10(11(9)14(19)20)12(17)13(18)22-8(2)16/h3-5,12,17H,6H2,1-2H3. The van der Waals surface area contributed by atoms with Crippen molar-refractivity contribution in [3.8, 4) is 0 Å². The molecule has 0 spiro atoms. The second-order valence-electron chi connectivity index (χ2n) is 4.21. The molecule has 0 aliphatic rings. The molecular formula is C13H13NO8. The van der Waals surface area contributed by atoms with Crippen LogP contribution in [-0.2, 0) is 30.5 Å². The fourth-order valence-corrected chi connectivity index (χ4v) is 1.67. The number of benzene rings is 1. The molecule has 1 unspecified atom stereocenters. The van der Waals surface area contributed by atoms with Gasteiger partial charge in [-0.1, -0.05) is 6.07 Å². The van der Waals surface area contributed by atoms with Crippen molar-refractivity contribution >= 4 is 23.6 Å². The molecule has 0 aliphatic carbocycles. The lowest BCUT2D eigenvalue weighted by molar-refractivity contribution is -0.387. The molecule has 0 saturated carbocycles. The minimum Gasteiger partial charge on any atom is -0.461 e. The van der Waals surface area contributed by atoms with Gasteiger partial charge < -0.3 is 14.6 Å². The Kier molecular flexibility index (Phi) is 5.70. The van der Waals surface area contributed by atoms with Gasteiger partial charge >= 0.3 is 17.9 Å². The molecule has 1 aromatic carbocycles. The molecule has 1 N–H and O–H groups in total. The Balaban J connectivity index is 3.21. The first-order valence-electron chi connectivity index (χ1n) is 6.04. The number of para-hydroxylation sites is 1. The first-order chi connectivity index (χ1) is 10.2. The fourth-order valence-electron chi connectivity index (χ4n) is 1.67. The number of hydrogen-bond donors (Lipinski definition) is 1. The zero-order valence-electron chi connectivity index (χ0n) is 11.8. The van der Waals surface area contributed by atoms with E-state index in [1.54, 1.807) is 0 Å². The molecule has 118 valence electrons. The number of esters is 3. The lowest BCUT2D eigenvalue weighted by atomic mass is 10.0. The molecule has 22 heavy (non-hydrogen) atoms. The fraction of sp³-hybridized carbons (Fsp3) is 0.308. The average molecular weight is 311 g/mol. The van der Waals surface area contributed by atoms with E-state index in [0.29, 0.717) is 0 Å². The molecule has 0 bridgehead atoms. The maximum atomic E-state index is 11.5. The summed E-state index contributed by atoms with van der Waals surface area (Å²) >= 11 is 0. The topological polar surface area (TPSA) is 133 Å². The Labute approximate surface area is 124 Å². The predicted octanol–water partition coefficient (Wildman–Crippen LogP) is 0.781. The van der Waals surface area contributed by atoms with E-state index in [1.807, 2.05) is 0 Å². The lowest BCUT2D eigenvalue weighted by Gasteiger charge is -2.12. The van der Waals surface area contributed by atoms with E-state index in [-0.39, 0.29) is 11.1 Å². The van der Waals surface area contributed by atoms with Crippen LogP contribution in [0.1, 0.15) is 31.1 Å². The molecule has 0 aromatic heterocycles. The Morgan fingerprint density at radius 3 is 2.41 bits per heavy atom. The number of aliphatic hydroxyl groups excluding tert-OH is 1. The van der Waals surface area contributed by atoms with Crippen LogP contribution in [-0.4, -0.2) is 27.9 Å². The van der Waals surface area contributed by atoms with Gasteiger partial charge in [-0.3, -0.25) is 19.7 Å². The van der Waals surface area contributed by atoms with Crippen LogP contribution in [0.3, 0.4) is 0 Å². The first-order valence-corrected chi connectivity index (χ1v) is 6.04. The minimum atomic E-state index is -2.01. The van der Waals surface area contributed by atoms with E-state index in [1.165, 1.54) is 12.1 Å². The zero-order valence-corrected chi connectivity index (χ0v) is 11.8. The van der Waals surface area contributed by atoms with Gasteiger partial charge in [0.2, 0.25) is 0 Å². The largest absolute Gasteiger partial charge is 0.461 e. The van der Waals surface area contributed by atoms with Crippen molar-refractivity contribution < 1.29 is 33.9 Å². The third kappa shape index (κ3) is 4.35. The third-order valence-corrected chi connectivity index (χ3v) is 2.53. The van der Waals surface area contributed by atoms with Gasteiger partial charge in [-0.15, -0.1) is 0 Å². The van der Waals surface area contributed by atoms with E-state index < -0.39 is 41.2 Å². The Hall–Kier alpha value is -2.81. The van der Waals surface area contributed by atoms with Crippen LogP contribution in [0.4, 0.5) is 5.69 Å². The van der Waals surface area contributed by atoms with E-state index in [2.05, 4.69) is 9.47 Å². The molecule has 1 atom stereocenters. The van der Waals surface area contributed by atoms with Crippen LogP contribution in [0.25, 0.3) is 0 Å². The predicted molar refractivity (Wildman–Crippen MR) is 70.3 cm³/mol. The van der Waals surface area contributed by atoms with E-state index in [9.17, 15) is 29.6 Å². The van der Waals surface area contributed by atoms with Crippen LogP contribution in [0.5, 0.6) is 0 Å². The Morgan fingerprint density at radius 1 is 1.27 bits per heavy atom. The second kappa shape index (κ2) is 7.27. The number of rotatable bonds is 5. The number of nitro groups is 1. The maximum absolute atomic E-state index is 11.5. The molecule has 0 amide bonds. The summed E-state index contributed by atoms with van der Waals surface area (Å²) < 4.78 is 8.89. The Morgan fingerprint density at radius 2 is 1.91 bits per heavy atom. The van der Waals surface area contributed by atoms with Gasteiger partial charge in [0.05, 0.1) is 16.1 Å². The highest BCUT2D eigenvalue weighted by Gasteiger charge is 2.30. The highest BCUT2D eigenvalue weighted by atomic mass is 16.6. The van der Waals surface area contributed by atoms with E-state index >= 15 is 0 Å². The van der Waals surface area contributed by atoms with Crippen LogP contribution >= 0.6 is 0 Å². The summed E-state index contributed by atoms with van der Waals surface area (Å²) in [5.41, 5.74) is -0.954. The van der Waals surface area contributed by atoms with Gasteiger partial charge in [0.15, 0.2) is 6.10 Å². The van der Waals surface area contributed by atoms with Gasteiger partial charge in [-0.2, -0.15) is 0 Å². The van der Waals surface area contributed by atoms with Crippen molar-refractivity contribution in [2.75, 3.05) is 0 Å². The van der Waals surface area contributed by atoms with Crippen molar-refractivity contribution in [2.45, 2.75) is 26.6 Å². The van der Waals surface area contributed by atoms with Crippen molar-refractivity contribution in [2.24, 2.45) is 0 Å². The third-order valence-electron chi connectivity index (χ3n) is 2.53. The summed E-state index contributed by atoms with van der Waals surface area (Å²) in [5, 5.41) is 21.0. The summed E-state index contributed by atoms with van der Waals surface area (Å²) in [6.07, 6.45) is -2.01. The number of nitro benzene ring substituents is 1. The summed E-state index contributed by atoms with van der Waals surface area (Å²) in [7, 11) is 0. The second-order valence-corrected chi connectivity index (χ2v) is 4.21. The number of ether oxygens (including phenoxy) is 2. The van der Waals surface area contributed by atoms with E-state index in [4.69, 9.17) is 0 Å². The average Bonchev–Trinajstić information content (AvgIpc) is 2.42. The van der Waals surface area contributed by atoms with Gasteiger partial charge in [-0.05, 0) is 12.1 Å². The minimum absolute atomic E-state index is 0.00706. The quantitative estimate of drug-likeness (QED) is 0.365. The molecule has 0 fully saturated rings. The highest BCUT2D eigenvalue weighted by Crippen LogP contribution is 2.30. The van der Waals surface area contributed by atoms with Crippen LogP contribution in [0.15, 0.2) is 18.2 Å². The molecule has 1 aromatic rings.